The highest BCUT2D eigenvalue weighted by atomic mass is 35.5. The number of hydrogen-bond acceptors (Lipinski definition) is 1. The van der Waals surface area contributed by atoms with Crippen molar-refractivity contribution in [2.45, 2.75) is 6.92 Å². The first-order valence-electron chi connectivity index (χ1n) is 4.20. The number of anilines is 1. The standard InChI is InChI=1S/C10H11N3.ClH/c1-7-9(11)10(13-12-7)8-5-3-2-4-6-8;/h2-6H,11H2,1H3,(H,12,13);1H. The van der Waals surface area contributed by atoms with Crippen LogP contribution in [-0.4, -0.2) is 5.10 Å². The maximum Gasteiger partial charge on any atom is 0.258 e. The molecule has 4 heteroatoms. The average Bonchev–Trinajstić information content (AvgIpc) is 2.49. The molecule has 0 saturated heterocycles. The van der Waals surface area contributed by atoms with Gasteiger partial charge in [-0.25, -0.2) is 0 Å². The summed E-state index contributed by atoms with van der Waals surface area (Å²) in [5, 5.41) is 6.03. The topological polar surface area (TPSA) is 56.0 Å². The molecule has 3 nitrogen and oxygen atoms in total. The molecule has 74 valence electrons. The lowest BCUT2D eigenvalue weighted by atomic mass is 10.1. The molecule has 1 heterocycles. The van der Waals surface area contributed by atoms with Gasteiger partial charge >= 0.3 is 0 Å². The first-order chi connectivity index (χ1) is 6.29. The molecule has 0 radical (unpaired) electrons. The number of aromatic amines is 2. The van der Waals surface area contributed by atoms with Gasteiger partial charge in [-0.2, -0.15) is 5.10 Å². The van der Waals surface area contributed by atoms with E-state index in [9.17, 15) is 0 Å². The number of rotatable bonds is 1. The SMILES string of the molecule is Cc1[nH][nH+]c(-c2ccccc2)c1N.[Cl-]. The highest BCUT2D eigenvalue weighted by molar-refractivity contribution is 5.70. The minimum atomic E-state index is 0. The second-order valence-electron chi connectivity index (χ2n) is 3.03. The van der Waals surface area contributed by atoms with E-state index >= 15 is 0 Å². The molecule has 0 fully saturated rings. The zero-order valence-corrected chi connectivity index (χ0v) is 8.60. The molecule has 0 amide bonds. The molecule has 0 spiro atoms. The van der Waals surface area contributed by atoms with Crippen LogP contribution >= 0.6 is 0 Å². The second kappa shape index (κ2) is 4.15. The number of hydrogen-bond donors (Lipinski definition) is 2. The van der Waals surface area contributed by atoms with Gasteiger partial charge in [0, 0.05) is 0 Å². The number of nitrogens with one attached hydrogen (secondary N) is 2. The van der Waals surface area contributed by atoms with Crippen molar-refractivity contribution in [3.05, 3.63) is 36.0 Å². The van der Waals surface area contributed by atoms with Crippen molar-refractivity contribution in [2.24, 2.45) is 0 Å². The predicted octanol–water partition coefficient (Wildman–Crippen LogP) is -1.61. The summed E-state index contributed by atoms with van der Waals surface area (Å²) in [6.07, 6.45) is 0. The van der Waals surface area contributed by atoms with Gasteiger partial charge in [-0.15, -0.1) is 5.10 Å². The van der Waals surface area contributed by atoms with E-state index in [1.165, 1.54) is 0 Å². The highest BCUT2D eigenvalue weighted by Gasteiger charge is 2.14. The summed E-state index contributed by atoms with van der Waals surface area (Å²) >= 11 is 0. The lowest BCUT2D eigenvalue weighted by molar-refractivity contribution is -0.437. The molecule has 1 aromatic heterocycles. The quantitative estimate of drug-likeness (QED) is 0.584. The predicted molar refractivity (Wildman–Crippen MR) is 51.9 cm³/mol. The fourth-order valence-electron chi connectivity index (χ4n) is 1.31. The van der Waals surface area contributed by atoms with Crippen molar-refractivity contribution in [1.82, 2.24) is 5.10 Å². The first kappa shape index (κ1) is 10.6. The number of halogens is 1. The number of benzene rings is 1. The Morgan fingerprint density at radius 3 is 2.36 bits per heavy atom. The van der Waals surface area contributed by atoms with Gasteiger partial charge in [-0.1, -0.05) is 18.2 Å². The van der Waals surface area contributed by atoms with E-state index in [1.54, 1.807) is 0 Å². The third-order valence-electron chi connectivity index (χ3n) is 2.11. The van der Waals surface area contributed by atoms with Crippen molar-refractivity contribution in [1.29, 1.82) is 0 Å². The molecule has 0 atom stereocenters. The molecule has 0 aliphatic heterocycles. The third kappa shape index (κ3) is 1.72. The molecule has 2 aromatic rings. The Kier molecular flexibility index (Phi) is 3.14. The van der Waals surface area contributed by atoms with E-state index in [0.29, 0.717) is 0 Å². The number of H-pyrrole nitrogens is 2. The van der Waals surface area contributed by atoms with Gasteiger partial charge in [0.25, 0.3) is 5.69 Å². The van der Waals surface area contributed by atoms with Gasteiger partial charge in [0.15, 0.2) is 0 Å². The zero-order valence-electron chi connectivity index (χ0n) is 7.84. The monoisotopic (exact) mass is 209 g/mol. The maximum absolute atomic E-state index is 5.87. The summed E-state index contributed by atoms with van der Waals surface area (Å²) in [7, 11) is 0. The molecule has 2 rings (SSSR count). The smallest absolute Gasteiger partial charge is 0.258 e. The average molecular weight is 210 g/mol. The molecule has 0 unspecified atom stereocenters. The molecular formula is C10H12ClN3. The lowest BCUT2D eigenvalue weighted by Gasteiger charge is -1.91. The summed E-state index contributed by atoms with van der Waals surface area (Å²) in [4.78, 5) is 0. The van der Waals surface area contributed by atoms with Gasteiger partial charge in [0.1, 0.15) is 5.69 Å². The maximum atomic E-state index is 5.87. The third-order valence-corrected chi connectivity index (χ3v) is 2.11. The molecule has 0 bridgehead atoms. The number of nitrogens with two attached hydrogens (primary N) is 1. The van der Waals surface area contributed by atoms with Crippen LogP contribution in [0, 0.1) is 6.92 Å². The Labute approximate surface area is 88.7 Å². The van der Waals surface area contributed by atoms with Gasteiger partial charge in [0.05, 0.1) is 11.3 Å². The van der Waals surface area contributed by atoms with Crippen LogP contribution in [-0.2, 0) is 0 Å². The van der Waals surface area contributed by atoms with Crippen molar-refractivity contribution < 1.29 is 17.5 Å². The fourth-order valence-corrected chi connectivity index (χ4v) is 1.31. The molecule has 4 N–H and O–H groups in total. The first-order valence-corrected chi connectivity index (χ1v) is 4.20. The van der Waals surface area contributed by atoms with Crippen molar-refractivity contribution >= 4 is 5.69 Å². The molecular weight excluding hydrogens is 198 g/mol. The zero-order chi connectivity index (χ0) is 9.26. The Balaban J connectivity index is 0.000000980. The number of nitrogen functional groups attached to an aromatic ring is 1. The van der Waals surface area contributed by atoms with E-state index in [0.717, 1.165) is 22.6 Å². The van der Waals surface area contributed by atoms with Gasteiger partial charge in [0.2, 0.25) is 0 Å². The minimum Gasteiger partial charge on any atom is -1.00 e. The molecule has 14 heavy (non-hydrogen) atoms. The molecule has 0 aliphatic carbocycles. The van der Waals surface area contributed by atoms with Crippen LogP contribution in [0.4, 0.5) is 5.69 Å². The Morgan fingerprint density at radius 2 is 1.86 bits per heavy atom. The second-order valence-corrected chi connectivity index (χ2v) is 3.03. The van der Waals surface area contributed by atoms with Crippen LogP contribution in [0.3, 0.4) is 0 Å². The normalized spacial score (nSPS) is 9.50. The molecule has 0 aliphatic rings. The van der Waals surface area contributed by atoms with E-state index in [1.807, 2.05) is 37.3 Å². The van der Waals surface area contributed by atoms with Crippen LogP contribution in [0.2, 0.25) is 0 Å². The Bertz CT molecular complexity index is 409. The number of aromatic nitrogens is 2. The van der Waals surface area contributed by atoms with E-state index in [2.05, 4.69) is 10.2 Å². The van der Waals surface area contributed by atoms with Crippen LogP contribution in [0.5, 0.6) is 0 Å². The fraction of sp³-hybridized carbons (Fsp3) is 0.100. The van der Waals surface area contributed by atoms with Crippen LogP contribution in [0.15, 0.2) is 30.3 Å². The van der Waals surface area contributed by atoms with Gasteiger partial charge in [-0.3, -0.25) is 0 Å². The van der Waals surface area contributed by atoms with Crippen LogP contribution < -0.4 is 23.2 Å². The van der Waals surface area contributed by atoms with E-state index in [-0.39, 0.29) is 12.4 Å². The van der Waals surface area contributed by atoms with Gasteiger partial charge in [-0.05, 0) is 19.1 Å². The van der Waals surface area contributed by atoms with Crippen molar-refractivity contribution in [2.75, 3.05) is 5.73 Å². The van der Waals surface area contributed by atoms with Crippen LogP contribution in [0.1, 0.15) is 5.69 Å². The summed E-state index contributed by atoms with van der Waals surface area (Å²) in [5.74, 6) is 0. The Hall–Kier alpha value is -1.48. The number of aryl methyl sites for hydroxylation is 1. The summed E-state index contributed by atoms with van der Waals surface area (Å²) in [6, 6.07) is 10.0. The van der Waals surface area contributed by atoms with Crippen molar-refractivity contribution in [3.63, 3.8) is 0 Å². The Morgan fingerprint density at radius 1 is 1.21 bits per heavy atom. The van der Waals surface area contributed by atoms with Gasteiger partial charge < -0.3 is 18.1 Å². The summed E-state index contributed by atoms with van der Waals surface area (Å²) in [5.41, 5.74) is 9.68. The summed E-state index contributed by atoms with van der Waals surface area (Å²) in [6.45, 7) is 1.94. The van der Waals surface area contributed by atoms with Crippen molar-refractivity contribution in [3.8, 4) is 11.3 Å². The molecule has 0 saturated carbocycles. The van der Waals surface area contributed by atoms with E-state index < -0.39 is 0 Å². The minimum absolute atomic E-state index is 0. The highest BCUT2D eigenvalue weighted by Crippen LogP contribution is 2.21. The van der Waals surface area contributed by atoms with Crippen LogP contribution in [0.25, 0.3) is 11.3 Å². The largest absolute Gasteiger partial charge is 1.00 e. The molecule has 1 aromatic carbocycles. The van der Waals surface area contributed by atoms with E-state index in [4.69, 9.17) is 5.73 Å². The summed E-state index contributed by atoms with van der Waals surface area (Å²) < 4.78 is 0. The lowest BCUT2D eigenvalue weighted by Crippen LogP contribution is -3.00.